The quantitative estimate of drug-likeness (QED) is 0.521. The lowest BCUT2D eigenvalue weighted by molar-refractivity contribution is 0.232. The lowest BCUT2D eigenvalue weighted by Crippen LogP contribution is -2.01. The monoisotopic (exact) mass is 112 g/mol. The first-order chi connectivity index (χ1) is 3.84. The molecule has 0 bridgehead atoms. The van der Waals surface area contributed by atoms with Crippen molar-refractivity contribution < 1.29 is 10.2 Å². The molecule has 2 N–H and O–H groups in total. The number of hydrogen-bond acceptors (Lipinski definition) is 2. The molecule has 0 heterocycles. The van der Waals surface area contributed by atoms with E-state index < -0.39 is 0 Å². The minimum Gasteiger partial charge on any atom is -0.512 e. The highest BCUT2D eigenvalue weighted by atomic mass is 16.3. The standard InChI is InChI=1S/C6H8O2/c7-4-5-2-1-3-6(5)8/h1-3,5,7-8H,4H2. The molecule has 0 amide bonds. The van der Waals surface area contributed by atoms with Crippen molar-refractivity contribution in [1.29, 1.82) is 0 Å². The molecule has 0 aromatic carbocycles. The Morgan fingerprint density at radius 2 is 2.38 bits per heavy atom. The van der Waals surface area contributed by atoms with Crippen LogP contribution in [0.3, 0.4) is 0 Å². The number of hydrogen-bond donors (Lipinski definition) is 2. The van der Waals surface area contributed by atoms with E-state index >= 15 is 0 Å². The topological polar surface area (TPSA) is 40.5 Å². The Morgan fingerprint density at radius 1 is 1.62 bits per heavy atom. The zero-order valence-electron chi connectivity index (χ0n) is 4.41. The highest BCUT2D eigenvalue weighted by Gasteiger charge is 2.10. The Kier molecular flexibility index (Phi) is 1.35. The van der Waals surface area contributed by atoms with Gasteiger partial charge < -0.3 is 10.2 Å². The van der Waals surface area contributed by atoms with Crippen molar-refractivity contribution in [2.45, 2.75) is 0 Å². The predicted molar refractivity (Wildman–Crippen MR) is 30.4 cm³/mol. The van der Waals surface area contributed by atoms with E-state index in [9.17, 15) is 0 Å². The summed E-state index contributed by atoms with van der Waals surface area (Å²) in [6.07, 6.45) is 5.08. The molecular weight excluding hydrogens is 104 g/mol. The molecule has 0 radical (unpaired) electrons. The molecular formula is C6H8O2. The van der Waals surface area contributed by atoms with Gasteiger partial charge in [0, 0.05) is 0 Å². The fourth-order valence-electron chi connectivity index (χ4n) is 0.665. The second kappa shape index (κ2) is 2.01. The number of rotatable bonds is 1. The van der Waals surface area contributed by atoms with Gasteiger partial charge in [0.15, 0.2) is 0 Å². The average molecular weight is 112 g/mol. The highest BCUT2D eigenvalue weighted by Crippen LogP contribution is 2.14. The molecule has 0 aromatic rings. The molecule has 1 aliphatic rings. The van der Waals surface area contributed by atoms with Crippen molar-refractivity contribution in [3.05, 3.63) is 24.0 Å². The lowest BCUT2D eigenvalue weighted by atomic mass is 10.2. The summed E-state index contributed by atoms with van der Waals surface area (Å²) < 4.78 is 0. The summed E-state index contributed by atoms with van der Waals surface area (Å²) in [6, 6.07) is 0. The van der Waals surface area contributed by atoms with E-state index in [-0.39, 0.29) is 18.3 Å². The van der Waals surface area contributed by atoms with E-state index in [1.807, 2.05) is 0 Å². The summed E-state index contributed by atoms with van der Waals surface area (Å²) in [4.78, 5) is 0. The zero-order valence-corrected chi connectivity index (χ0v) is 4.41. The van der Waals surface area contributed by atoms with Gasteiger partial charge in [-0.15, -0.1) is 0 Å². The maximum atomic E-state index is 8.83. The molecule has 0 aromatic heterocycles. The van der Waals surface area contributed by atoms with Crippen LogP contribution in [0.5, 0.6) is 0 Å². The van der Waals surface area contributed by atoms with Crippen molar-refractivity contribution in [3.63, 3.8) is 0 Å². The van der Waals surface area contributed by atoms with Crippen molar-refractivity contribution >= 4 is 0 Å². The fraction of sp³-hybridized carbons (Fsp3) is 0.333. The molecule has 1 atom stereocenters. The van der Waals surface area contributed by atoms with E-state index in [0.29, 0.717) is 0 Å². The third-order valence-electron chi connectivity index (χ3n) is 1.19. The molecule has 0 saturated heterocycles. The van der Waals surface area contributed by atoms with Gasteiger partial charge in [-0.1, -0.05) is 12.2 Å². The predicted octanol–water partition coefficient (Wildman–Crippen LogP) is 0.607. The minimum atomic E-state index is -0.144. The third-order valence-corrected chi connectivity index (χ3v) is 1.19. The first-order valence-electron chi connectivity index (χ1n) is 2.53. The van der Waals surface area contributed by atoms with Crippen LogP contribution < -0.4 is 0 Å². The minimum absolute atomic E-state index is 0.00116. The normalized spacial score (nSPS) is 26.1. The Labute approximate surface area is 47.8 Å². The van der Waals surface area contributed by atoms with Crippen LogP contribution in [0.15, 0.2) is 24.0 Å². The summed E-state index contributed by atoms with van der Waals surface area (Å²) in [5, 5.41) is 17.3. The van der Waals surface area contributed by atoms with Gasteiger partial charge in [-0.2, -0.15) is 0 Å². The van der Waals surface area contributed by atoms with Crippen molar-refractivity contribution in [3.8, 4) is 0 Å². The van der Waals surface area contributed by atoms with Gasteiger partial charge >= 0.3 is 0 Å². The summed E-state index contributed by atoms with van der Waals surface area (Å²) in [5.74, 6) is 0.113. The molecule has 1 unspecified atom stereocenters. The molecule has 0 saturated carbocycles. The summed E-state index contributed by atoms with van der Waals surface area (Å²) in [5.41, 5.74) is 0. The van der Waals surface area contributed by atoms with E-state index in [1.54, 1.807) is 18.2 Å². The Hall–Kier alpha value is -0.760. The van der Waals surface area contributed by atoms with E-state index in [2.05, 4.69) is 0 Å². The number of aliphatic hydroxyl groups is 2. The highest BCUT2D eigenvalue weighted by molar-refractivity contribution is 5.21. The third kappa shape index (κ3) is 0.746. The second-order valence-corrected chi connectivity index (χ2v) is 1.77. The van der Waals surface area contributed by atoms with Gasteiger partial charge in [0.05, 0.1) is 12.5 Å². The first-order valence-corrected chi connectivity index (χ1v) is 2.53. The van der Waals surface area contributed by atoms with E-state index in [4.69, 9.17) is 10.2 Å². The van der Waals surface area contributed by atoms with Crippen LogP contribution in [-0.2, 0) is 0 Å². The number of allylic oxidation sites excluding steroid dienone is 2. The van der Waals surface area contributed by atoms with Crippen LogP contribution >= 0.6 is 0 Å². The summed E-state index contributed by atoms with van der Waals surface area (Å²) in [7, 11) is 0. The Balaban J connectivity index is 2.58. The van der Waals surface area contributed by atoms with Crippen LogP contribution in [0.4, 0.5) is 0 Å². The molecule has 0 spiro atoms. The summed E-state index contributed by atoms with van der Waals surface area (Å²) in [6.45, 7) is -0.00116. The van der Waals surface area contributed by atoms with Gasteiger partial charge in [0.2, 0.25) is 0 Å². The van der Waals surface area contributed by atoms with Crippen molar-refractivity contribution in [2.24, 2.45) is 5.92 Å². The molecule has 1 aliphatic carbocycles. The number of aliphatic hydroxyl groups excluding tert-OH is 2. The molecule has 2 heteroatoms. The first kappa shape index (κ1) is 5.38. The van der Waals surface area contributed by atoms with Gasteiger partial charge in [-0.25, -0.2) is 0 Å². The molecule has 44 valence electrons. The lowest BCUT2D eigenvalue weighted by Gasteiger charge is -2.00. The Bertz CT molecular complexity index is 135. The van der Waals surface area contributed by atoms with Crippen LogP contribution in [0.2, 0.25) is 0 Å². The van der Waals surface area contributed by atoms with Gasteiger partial charge in [-0.3, -0.25) is 0 Å². The average Bonchev–Trinajstić information content (AvgIpc) is 2.14. The van der Waals surface area contributed by atoms with Crippen molar-refractivity contribution in [2.75, 3.05) is 6.61 Å². The largest absolute Gasteiger partial charge is 0.512 e. The van der Waals surface area contributed by atoms with Crippen LogP contribution in [0.1, 0.15) is 0 Å². The smallest absolute Gasteiger partial charge is 0.101 e. The second-order valence-electron chi connectivity index (χ2n) is 1.77. The Morgan fingerprint density at radius 3 is 2.62 bits per heavy atom. The van der Waals surface area contributed by atoms with Crippen LogP contribution in [-0.4, -0.2) is 16.8 Å². The molecule has 0 fully saturated rings. The SMILES string of the molecule is OCC1C=CC=C1O. The van der Waals surface area contributed by atoms with E-state index in [0.717, 1.165) is 0 Å². The van der Waals surface area contributed by atoms with Crippen LogP contribution in [0.25, 0.3) is 0 Å². The molecule has 1 rings (SSSR count). The van der Waals surface area contributed by atoms with Gasteiger partial charge in [0.1, 0.15) is 5.76 Å². The summed E-state index contributed by atoms with van der Waals surface area (Å²) >= 11 is 0. The van der Waals surface area contributed by atoms with E-state index in [1.165, 1.54) is 0 Å². The molecule has 8 heavy (non-hydrogen) atoms. The van der Waals surface area contributed by atoms with Crippen LogP contribution in [0, 0.1) is 5.92 Å². The fourth-order valence-corrected chi connectivity index (χ4v) is 0.665. The maximum absolute atomic E-state index is 8.83. The molecule has 0 aliphatic heterocycles. The zero-order chi connectivity index (χ0) is 5.98. The van der Waals surface area contributed by atoms with Crippen molar-refractivity contribution in [1.82, 2.24) is 0 Å². The van der Waals surface area contributed by atoms with Gasteiger partial charge in [0.25, 0.3) is 0 Å². The maximum Gasteiger partial charge on any atom is 0.101 e. The van der Waals surface area contributed by atoms with Gasteiger partial charge in [-0.05, 0) is 6.08 Å². The molecule has 2 nitrogen and oxygen atoms in total.